The van der Waals surface area contributed by atoms with Gasteiger partial charge in [0, 0.05) is 25.7 Å². The highest BCUT2D eigenvalue weighted by molar-refractivity contribution is 7.87. The summed E-state index contributed by atoms with van der Waals surface area (Å²) in [4.78, 5) is 0. The zero-order valence-electron chi connectivity index (χ0n) is 12.1. The van der Waals surface area contributed by atoms with Gasteiger partial charge in [0.05, 0.1) is 12.2 Å². The smallest absolute Gasteiger partial charge is 0.279 e. The van der Waals surface area contributed by atoms with Crippen LogP contribution in [0.15, 0.2) is 0 Å². The van der Waals surface area contributed by atoms with E-state index in [-0.39, 0.29) is 18.2 Å². The minimum Gasteiger partial charge on any atom is -0.373 e. The van der Waals surface area contributed by atoms with E-state index < -0.39 is 10.2 Å². The van der Waals surface area contributed by atoms with Gasteiger partial charge in [-0.05, 0) is 20.3 Å². The Hall–Kier alpha value is -0.210. The van der Waals surface area contributed by atoms with Crippen LogP contribution < -0.4 is 10.5 Å². The fourth-order valence-corrected chi connectivity index (χ4v) is 3.88. The maximum absolute atomic E-state index is 12.3. The summed E-state index contributed by atoms with van der Waals surface area (Å²) in [5.41, 5.74) is 5.63. The summed E-state index contributed by atoms with van der Waals surface area (Å²) in [5, 5.41) is 0. The van der Waals surface area contributed by atoms with Gasteiger partial charge in [-0.3, -0.25) is 0 Å². The maximum atomic E-state index is 12.3. The lowest BCUT2D eigenvalue weighted by Gasteiger charge is -2.35. The van der Waals surface area contributed by atoms with Crippen molar-refractivity contribution < 1.29 is 13.2 Å². The number of morpholine rings is 1. The highest BCUT2D eigenvalue weighted by Crippen LogP contribution is 2.14. The molecule has 1 saturated heterocycles. The minimum atomic E-state index is -3.47. The average Bonchev–Trinajstić information content (AvgIpc) is 2.33. The lowest BCUT2D eigenvalue weighted by atomic mass is 10.1. The van der Waals surface area contributed by atoms with Crippen molar-refractivity contribution in [3.05, 3.63) is 0 Å². The van der Waals surface area contributed by atoms with E-state index >= 15 is 0 Å². The number of ether oxygens (including phenoxy) is 1. The molecule has 3 N–H and O–H groups in total. The first-order valence-electron chi connectivity index (χ1n) is 7.02. The molecule has 0 aromatic heterocycles. The quantitative estimate of drug-likeness (QED) is 0.713. The van der Waals surface area contributed by atoms with Crippen molar-refractivity contribution in [3.63, 3.8) is 0 Å². The Kier molecular flexibility index (Phi) is 6.68. The van der Waals surface area contributed by atoms with Gasteiger partial charge >= 0.3 is 0 Å². The van der Waals surface area contributed by atoms with Gasteiger partial charge in [-0.25, -0.2) is 0 Å². The van der Waals surface area contributed by atoms with E-state index in [9.17, 15) is 8.42 Å². The Morgan fingerprint density at radius 2 is 1.95 bits per heavy atom. The third-order valence-electron chi connectivity index (χ3n) is 3.23. The van der Waals surface area contributed by atoms with E-state index in [4.69, 9.17) is 10.5 Å². The number of rotatable bonds is 7. The van der Waals surface area contributed by atoms with Crippen molar-refractivity contribution in [1.29, 1.82) is 0 Å². The van der Waals surface area contributed by atoms with E-state index in [1.54, 1.807) is 0 Å². The van der Waals surface area contributed by atoms with Crippen LogP contribution in [-0.4, -0.2) is 50.6 Å². The largest absolute Gasteiger partial charge is 0.373 e. The summed E-state index contributed by atoms with van der Waals surface area (Å²) in [6.45, 7) is 6.96. The third-order valence-corrected chi connectivity index (χ3v) is 4.84. The molecule has 3 atom stereocenters. The summed E-state index contributed by atoms with van der Waals surface area (Å²) in [5.74, 6) is 0. The summed E-state index contributed by atoms with van der Waals surface area (Å²) >= 11 is 0. The molecule has 114 valence electrons. The van der Waals surface area contributed by atoms with Crippen LogP contribution in [0.5, 0.6) is 0 Å². The molecule has 0 aromatic carbocycles. The molecule has 1 aliphatic rings. The van der Waals surface area contributed by atoms with E-state index in [2.05, 4.69) is 11.6 Å². The van der Waals surface area contributed by atoms with Gasteiger partial charge in [-0.1, -0.05) is 19.8 Å². The molecule has 1 rings (SSSR count). The molecule has 7 heteroatoms. The molecule has 0 aliphatic carbocycles. The molecule has 1 aliphatic heterocycles. The molecule has 6 nitrogen and oxygen atoms in total. The summed E-state index contributed by atoms with van der Waals surface area (Å²) in [6, 6.07) is -0.182. The fourth-order valence-electron chi connectivity index (χ4n) is 2.29. The Bertz CT molecular complexity index is 351. The average molecular weight is 293 g/mol. The zero-order valence-corrected chi connectivity index (χ0v) is 12.9. The van der Waals surface area contributed by atoms with Gasteiger partial charge in [-0.2, -0.15) is 17.4 Å². The summed E-state index contributed by atoms with van der Waals surface area (Å²) < 4.78 is 34.3. The first kappa shape index (κ1) is 16.8. The zero-order chi connectivity index (χ0) is 14.5. The molecule has 1 heterocycles. The normalized spacial score (nSPS) is 27.4. The molecule has 19 heavy (non-hydrogen) atoms. The van der Waals surface area contributed by atoms with Crippen LogP contribution in [-0.2, 0) is 14.9 Å². The predicted molar refractivity (Wildman–Crippen MR) is 76.0 cm³/mol. The predicted octanol–water partition coefficient (Wildman–Crippen LogP) is 0.448. The van der Waals surface area contributed by atoms with Crippen LogP contribution in [0.3, 0.4) is 0 Å². The molecule has 3 unspecified atom stereocenters. The van der Waals surface area contributed by atoms with Crippen molar-refractivity contribution in [1.82, 2.24) is 9.03 Å². The molecular weight excluding hydrogens is 266 g/mol. The van der Waals surface area contributed by atoms with Crippen LogP contribution >= 0.6 is 0 Å². The Balaban J connectivity index is 2.63. The molecule has 0 saturated carbocycles. The highest BCUT2D eigenvalue weighted by atomic mass is 32.2. The Morgan fingerprint density at radius 3 is 2.42 bits per heavy atom. The van der Waals surface area contributed by atoms with Crippen LogP contribution in [0.2, 0.25) is 0 Å². The molecule has 0 bridgehead atoms. The second-order valence-corrected chi connectivity index (χ2v) is 6.97. The molecule has 0 aromatic rings. The summed E-state index contributed by atoms with van der Waals surface area (Å²) in [7, 11) is -3.47. The molecule has 0 amide bonds. The van der Waals surface area contributed by atoms with Gasteiger partial charge in [-0.15, -0.1) is 0 Å². The van der Waals surface area contributed by atoms with Gasteiger partial charge < -0.3 is 10.5 Å². The second-order valence-electron chi connectivity index (χ2n) is 5.27. The van der Waals surface area contributed by atoms with Crippen LogP contribution in [0, 0.1) is 0 Å². The monoisotopic (exact) mass is 293 g/mol. The number of hydrogen-bond donors (Lipinski definition) is 2. The molecule has 1 fully saturated rings. The van der Waals surface area contributed by atoms with Gasteiger partial charge in [0.1, 0.15) is 0 Å². The van der Waals surface area contributed by atoms with E-state index in [0.717, 1.165) is 19.3 Å². The van der Waals surface area contributed by atoms with Crippen molar-refractivity contribution in [2.24, 2.45) is 5.73 Å². The van der Waals surface area contributed by atoms with Gasteiger partial charge in [0.15, 0.2) is 0 Å². The summed E-state index contributed by atoms with van der Waals surface area (Å²) in [6.07, 6.45) is 2.63. The van der Waals surface area contributed by atoms with E-state index in [1.807, 2.05) is 13.8 Å². The number of unbranched alkanes of at least 4 members (excludes halogenated alkanes) is 1. The first-order valence-corrected chi connectivity index (χ1v) is 8.46. The number of hydrogen-bond acceptors (Lipinski definition) is 4. The Morgan fingerprint density at radius 1 is 1.37 bits per heavy atom. The van der Waals surface area contributed by atoms with E-state index in [0.29, 0.717) is 19.6 Å². The molecule has 0 radical (unpaired) electrons. The fraction of sp³-hybridized carbons (Fsp3) is 1.00. The molecular formula is C12H27N3O3S. The van der Waals surface area contributed by atoms with Crippen molar-refractivity contribution in [2.45, 2.75) is 58.3 Å². The van der Waals surface area contributed by atoms with Gasteiger partial charge in [0.2, 0.25) is 0 Å². The van der Waals surface area contributed by atoms with Crippen LogP contribution in [0.1, 0.15) is 40.0 Å². The first-order chi connectivity index (χ1) is 8.89. The number of nitrogens with zero attached hydrogens (tertiary/aromatic N) is 1. The van der Waals surface area contributed by atoms with Crippen molar-refractivity contribution in [2.75, 3.05) is 19.6 Å². The van der Waals surface area contributed by atoms with Crippen LogP contribution in [0.4, 0.5) is 0 Å². The molecule has 0 spiro atoms. The Labute approximate surface area is 116 Å². The maximum Gasteiger partial charge on any atom is 0.279 e. The van der Waals surface area contributed by atoms with Crippen LogP contribution in [0.25, 0.3) is 0 Å². The minimum absolute atomic E-state index is 0.0766. The SMILES string of the molecule is CCCCC(CN)NS(=O)(=O)N1CC(C)OC(C)C1. The second kappa shape index (κ2) is 7.54. The number of nitrogens with two attached hydrogens (primary N) is 1. The third kappa shape index (κ3) is 5.35. The standard InChI is InChI=1S/C12H27N3O3S/c1-4-5-6-12(7-13)14-19(16,17)15-8-10(2)18-11(3)9-15/h10-12,14H,4-9,13H2,1-3H3. The van der Waals surface area contributed by atoms with E-state index in [1.165, 1.54) is 4.31 Å². The van der Waals surface area contributed by atoms with Crippen molar-refractivity contribution in [3.8, 4) is 0 Å². The van der Waals surface area contributed by atoms with Crippen molar-refractivity contribution >= 4 is 10.2 Å². The lowest BCUT2D eigenvalue weighted by Crippen LogP contribution is -2.54. The topological polar surface area (TPSA) is 84.7 Å². The number of nitrogens with one attached hydrogen (secondary N) is 1. The van der Waals surface area contributed by atoms with Gasteiger partial charge in [0.25, 0.3) is 10.2 Å². The highest BCUT2D eigenvalue weighted by Gasteiger charge is 2.31. The lowest BCUT2D eigenvalue weighted by molar-refractivity contribution is -0.0444.